The van der Waals surface area contributed by atoms with Crippen LogP contribution in [-0.2, 0) is 4.79 Å². The lowest BCUT2D eigenvalue weighted by Gasteiger charge is -2.35. The van der Waals surface area contributed by atoms with Crippen LogP contribution in [0.25, 0.3) is 11.3 Å². The molecule has 0 bridgehead atoms. The molecule has 8 heteroatoms. The number of nitrogens with zero attached hydrogens (tertiary/aromatic N) is 3. The van der Waals surface area contributed by atoms with Crippen LogP contribution in [0, 0.1) is 0 Å². The number of hydrogen-bond acceptors (Lipinski definition) is 5. The Kier molecular flexibility index (Phi) is 6.35. The molecule has 0 aliphatic carbocycles. The highest BCUT2D eigenvalue weighted by molar-refractivity contribution is 7.14. The molecule has 2 heterocycles. The Labute approximate surface area is 183 Å². The van der Waals surface area contributed by atoms with Crippen molar-refractivity contribution in [2.45, 2.75) is 0 Å². The molecule has 1 aliphatic heterocycles. The summed E-state index contributed by atoms with van der Waals surface area (Å²) in [5, 5.41) is 6.46. The zero-order valence-electron chi connectivity index (χ0n) is 15.6. The van der Waals surface area contributed by atoms with Crippen molar-refractivity contribution >= 4 is 51.3 Å². The average Bonchev–Trinajstić information content (AvgIpc) is 3.17. The standard InChI is InChI=1S/C21H20Cl2N4OS/c22-15-6-7-17(18(23)12-15)19-14-29-21(24-19)25-20(28)13-26-8-10-27(11-9-26)16-4-2-1-3-5-16/h1-7,12,14H,8-11,13H2,(H,24,25,28). The molecular formula is C21H20Cl2N4OS. The van der Waals surface area contributed by atoms with Crippen molar-refractivity contribution in [1.82, 2.24) is 9.88 Å². The van der Waals surface area contributed by atoms with Crippen molar-refractivity contribution in [3.8, 4) is 11.3 Å². The fourth-order valence-electron chi connectivity index (χ4n) is 3.32. The van der Waals surface area contributed by atoms with Crippen LogP contribution in [0.2, 0.25) is 10.0 Å². The van der Waals surface area contributed by atoms with Crippen molar-refractivity contribution < 1.29 is 4.79 Å². The minimum absolute atomic E-state index is 0.0544. The Balaban J connectivity index is 1.30. The summed E-state index contributed by atoms with van der Waals surface area (Å²) >= 11 is 13.6. The van der Waals surface area contributed by atoms with Crippen LogP contribution in [0.5, 0.6) is 0 Å². The molecule has 2 aromatic carbocycles. The fraction of sp³-hybridized carbons (Fsp3) is 0.238. The van der Waals surface area contributed by atoms with E-state index in [0.29, 0.717) is 21.7 Å². The summed E-state index contributed by atoms with van der Waals surface area (Å²) < 4.78 is 0. The van der Waals surface area contributed by atoms with Crippen LogP contribution < -0.4 is 10.2 Å². The van der Waals surface area contributed by atoms with Gasteiger partial charge in [0.1, 0.15) is 0 Å². The van der Waals surface area contributed by atoms with Crippen LogP contribution in [0.1, 0.15) is 0 Å². The van der Waals surface area contributed by atoms with E-state index in [2.05, 4.69) is 44.4 Å². The Morgan fingerprint density at radius 3 is 2.55 bits per heavy atom. The van der Waals surface area contributed by atoms with E-state index >= 15 is 0 Å². The highest BCUT2D eigenvalue weighted by Gasteiger charge is 2.20. The van der Waals surface area contributed by atoms with Gasteiger partial charge >= 0.3 is 0 Å². The molecule has 5 nitrogen and oxygen atoms in total. The number of nitrogens with one attached hydrogen (secondary N) is 1. The molecule has 150 valence electrons. The molecule has 1 fully saturated rings. The molecule has 1 aliphatic rings. The van der Waals surface area contributed by atoms with Gasteiger partial charge in [0.2, 0.25) is 5.91 Å². The van der Waals surface area contributed by atoms with Gasteiger partial charge in [0.15, 0.2) is 5.13 Å². The van der Waals surface area contributed by atoms with E-state index in [1.165, 1.54) is 17.0 Å². The zero-order valence-corrected chi connectivity index (χ0v) is 18.0. The lowest BCUT2D eigenvalue weighted by atomic mass is 10.2. The van der Waals surface area contributed by atoms with Crippen LogP contribution >= 0.6 is 34.5 Å². The van der Waals surface area contributed by atoms with E-state index in [1.807, 2.05) is 17.5 Å². The Morgan fingerprint density at radius 1 is 1.07 bits per heavy atom. The predicted molar refractivity (Wildman–Crippen MR) is 121 cm³/mol. The lowest BCUT2D eigenvalue weighted by Crippen LogP contribution is -2.48. The SMILES string of the molecule is O=C(CN1CCN(c2ccccc2)CC1)Nc1nc(-c2ccc(Cl)cc2Cl)cs1. The van der Waals surface area contributed by atoms with E-state index in [0.717, 1.165) is 37.4 Å². The highest BCUT2D eigenvalue weighted by atomic mass is 35.5. The number of halogens is 2. The smallest absolute Gasteiger partial charge is 0.240 e. The third-order valence-corrected chi connectivity index (χ3v) is 6.12. The predicted octanol–water partition coefficient (Wildman–Crippen LogP) is 4.88. The average molecular weight is 447 g/mol. The summed E-state index contributed by atoms with van der Waals surface area (Å²) in [6, 6.07) is 15.7. The maximum atomic E-state index is 12.4. The molecule has 0 spiro atoms. The molecule has 0 saturated carbocycles. The monoisotopic (exact) mass is 446 g/mol. The third-order valence-electron chi connectivity index (χ3n) is 4.82. The van der Waals surface area contributed by atoms with Gasteiger partial charge in [-0.1, -0.05) is 41.4 Å². The number of hydrogen-bond donors (Lipinski definition) is 1. The first-order chi connectivity index (χ1) is 14.1. The molecule has 1 amide bonds. The molecule has 1 aromatic heterocycles. The molecule has 0 radical (unpaired) electrons. The number of carbonyl (C=O) groups excluding carboxylic acids is 1. The van der Waals surface area contributed by atoms with Gasteiger partial charge in [-0.25, -0.2) is 4.98 Å². The van der Waals surface area contributed by atoms with E-state index in [-0.39, 0.29) is 5.91 Å². The Morgan fingerprint density at radius 2 is 1.83 bits per heavy atom. The second-order valence-corrected chi connectivity index (χ2v) is 8.51. The number of rotatable bonds is 5. The number of para-hydroxylation sites is 1. The minimum Gasteiger partial charge on any atom is -0.369 e. The number of aromatic nitrogens is 1. The summed E-state index contributed by atoms with van der Waals surface area (Å²) in [4.78, 5) is 21.4. The summed E-state index contributed by atoms with van der Waals surface area (Å²) in [5.74, 6) is -0.0544. The first-order valence-corrected chi connectivity index (χ1v) is 11.0. The summed E-state index contributed by atoms with van der Waals surface area (Å²) in [5.41, 5.74) is 2.75. The number of anilines is 2. The highest BCUT2D eigenvalue weighted by Crippen LogP contribution is 2.32. The van der Waals surface area contributed by atoms with Crippen molar-refractivity contribution in [1.29, 1.82) is 0 Å². The maximum absolute atomic E-state index is 12.4. The molecule has 0 unspecified atom stereocenters. The topological polar surface area (TPSA) is 48.5 Å². The van der Waals surface area contributed by atoms with Gasteiger partial charge in [-0.15, -0.1) is 11.3 Å². The number of amides is 1. The van der Waals surface area contributed by atoms with E-state index in [1.54, 1.807) is 12.1 Å². The van der Waals surface area contributed by atoms with E-state index in [9.17, 15) is 4.79 Å². The largest absolute Gasteiger partial charge is 0.369 e. The summed E-state index contributed by atoms with van der Waals surface area (Å²) in [6.45, 7) is 3.89. The molecule has 1 saturated heterocycles. The second-order valence-electron chi connectivity index (χ2n) is 6.81. The minimum atomic E-state index is -0.0544. The fourth-order valence-corrected chi connectivity index (χ4v) is 4.55. The van der Waals surface area contributed by atoms with Gasteiger partial charge in [0, 0.05) is 47.8 Å². The summed E-state index contributed by atoms with van der Waals surface area (Å²) in [6.07, 6.45) is 0. The van der Waals surface area contributed by atoms with E-state index in [4.69, 9.17) is 23.2 Å². The molecule has 3 aromatic rings. The van der Waals surface area contributed by atoms with Crippen LogP contribution in [0.4, 0.5) is 10.8 Å². The normalized spacial score (nSPS) is 14.8. The first-order valence-electron chi connectivity index (χ1n) is 9.31. The van der Waals surface area contributed by atoms with Gasteiger partial charge in [0.05, 0.1) is 17.3 Å². The maximum Gasteiger partial charge on any atom is 0.240 e. The van der Waals surface area contributed by atoms with Crippen LogP contribution in [-0.4, -0.2) is 48.5 Å². The van der Waals surface area contributed by atoms with Gasteiger partial charge in [-0.2, -0.15) is 0 Å². The first kappa shape index (κ1) is 20.2. The Hall–Kier alpha value is -2.12. The number of benzene rings is 2. The number of thiazole rings is 1. The molecular weight excluding hydrogens is 427 g/mol. The van der Waals surface area contributed by atoms with Crippen molar-refractivity contribution in [2.75, 3.05) is 42.9 Å². The molecule has 4 rings (SSSR count). The van der Waals surface area contributed by atoms with Gasteiger partial charge in [-0.05, 0) is 30.3 Å². The molecule has 0 atom stereocenters. The quantitative estimate of drug-likeness (QED) is 0.606. The number of piperazine rings is 1. The number of carbonyl (C=O) groups is 1. The zero-order chi connectivity index (χ0) is 20.2. The lowest BCUT2D eigenvalue weighted by molar-refractivity contribution is -0.117. The summed E-state index contributed by atoms with van der Waals surface area (Å²) in [7, 11) is 0. The van der Waals surface area contributed by atoms with E-state index < -0.39 is 0 Å². The van der Waals surface area contributed by atoms with Gasteiger partial charge in [0.25, 0.3) is 0 Å². The second kappa shape index (κ2) is 9.13. The molecule has 1 N–H and O–H groups in total. The van der Waals surface area contributed by atoms with Crippen molar-refractivity contribution in [2.24, 2.45) is 0 Å². The van der Waals surface area contributed by atoms with Crippen LogP contribution in [0.3, 0.4) is 0 Å². The van der Waals surface area contributed by atoms with Crippen molar-refractivity contribution in [3.63, 3.8) is 0 Å². The third kappa shape index (κ3) is 5.08. The van der Waals surface area contributed by atoms with Gasteiger partial charge in [-0.3, -0.25) is 9.69 Å². The van der Waals surface area contributed by atoms with Crippen LogP contribution in [0.15, 0.2) is 53.9 Å². The molecule has 29 heavy (non-hydrogen) atoms. The van der Waals surface area contributed by atoms with Crippen molar-refractivity contribution in [3.05, 3.63) is 64.0 Å². The Bertz CT molecular complexity index is 987. The van der Waals surface area contributed by atoms with Gasteiger partial charge < -0.3 is 10.2 Å².